The summed E-state index contributed by atoms with van der Waals surface area (Å²) in [6.45, 7) is 0.246. The Labute approximate surface area is 156 Å². The van der Waals surface area contributed by atoms with E-state index >= 15 is 0 Å². The molecule has 2 aliphatic rings. The predicted octanol–water partition coefficient (Wildman–Crippen LogP) is 2.07. The van der Waals surface area contributed by atoms with Crippen molar-refractivity contribution in [3.63, 3.8) is 0 Å². The highest BCUT2D eigenvalue weighted by molar-refractivity contribution is 6.31. The van der Waals surface area contributed by atoms with E-state index in [1.165, 1.54) is 12.0 Å². The van der Waals surface area contributed by atoms with Crippen LogP contribution in [0.5, 0.6) is 5.75 Å². The number of ether oxygens (including phenoxy) is 1. The number of hydrogen-bond donors (Lipinski definition) is 2. The molecule has 26 heavy (non-hydrogen) atoms. The van der Waals surface area contributed by atoms with Gasteiger partial charge in [0.15, 0.2) is 0 Å². The number of halogens is 1. The van der Waals surface area contributed by atoms with Gasteiger partial charge >= 0.3 is 5.97 Å². The lowest BCUT2D eigenvalue weighted by molar-refractivity contribution is -0.141. The summed E-state index contributed by atoms with van der Waals surface area (Å²) in [4.78, 5) is 37.5. The van der Waals surface area contributed by atoms with Crippen molar-refractivity contribution < 1.29 is 24.2 Å². The second-order valence-corrected chi connectivity index (χ2v) is 7.21. The third kappa shape index (κ3) is 3.77. The van der Waals surface area contributed by atoms with Gasteiger partial charge in [0.1, 0.15) is 5.75 Å². The third-order valence-electron chi connectivity index (χ3n) is 5.06. The maximum Gasteiger partial charge on any atom is 0.306 e. The summed E-state index contributed by atoms with van der Waals surface area (Å²) in [5.74, 6) is -1.56. The number of aliphatic carboxylic acids is 1. The predicted molar refractivity (Wildman–Crippen MR) is 95.4 cm³/mol. The largest absolute Gasteiger partial charge is 0.495 e. The number of anilines is 1. The van der Waals surface area contributed by atoms with Gasteiger partial charge in [-0.05, 0) is 37.5 Å². The lowest BCUT2D eigenvalue weighted by Crippen LogP contribution is -2.39. The summed E-state index contributed by atoms with van der Waals surface area (Å²) in [6, 6.07) is 4.86. The fourth-order valence-electron chi connectivity index (χ4n) is 3.65. The summed E-state index contributed by atoms with van der Waals surface area (Å²) < 4.78 is 5.29. The molecular formula is C18H21ClN2O5. The van der Waals surface area contributed by atoms with E-state index in [-0.39, 0.29) is 30.8 Å². The van der Waals surface area contributed by atoms with Crippen molar-refractivity contribution in [1.29, 1.82) is 0 Å². The van der Waals surface area contributed by atoms with Crippen LogP contribution in [-0.4, -0.2) is 42.6 Å². The number of carbonyl (C=O) groups is 3. The number of nitrogens with one attached hydrogen (secondary N) is 1. The van der Waals surface area contributed by atoms with Crippen molar-refractivity contribution in [2.75, 3.05) is 18.6 Å². The smallest absolute Gasteiger partial charge is 0.306 e. The molecule has 1 aliphatic heterocycles. The van der Waals surface area contributed by atoms with Crippen LogP contribution < -0.4 is 15.0 Å². The molecule has 0 aromatic heterocycles. The Kier molecular flexibility index (Phi) is 5.36. The summed E-state index contributed by atoms with van der Waals surface area (Å²) in [6.07, 6.45) is 1.76. The summed E-state index contributed by atoms with van der Waals surface area (Å²) in [5, 5.41) is 12.4. The van der Waals surface area contributed by atoms with E-state index in [4.69, 9.17) is 21.4 Å². The van der Waals surface area contributed by atoms with Gasteiger partial charge in [0.05, 0.1) is 24.6 Å². The molecule has 3 atom stereocenters. The molecule has 8 heteroatoms. The maximum absolute atomic E-state index is 12.5. The van der Waals surface area contributed by atoms with Crippen molar-refractivity contribution in [3.05, 3.63) is 23.2 Å². The van der Waals surface area contributed by atoms with Crippen LogP contribution in [0.4, 0.5) is 5.69 Å². The molecular weight excluding hydrogens is 360 g/mol. The lowest BCUT2D eigenvalue weighted by atomic mass is 10.1. The Hall–Kier alpha value is -2.28. The number of carboxylic acids is 1. The van der Waals surface area contributed by atoms with Gasteiger partial charge in [-0.15, -0.1) is 0 Å². The Morgan fingerprint density at radius 1 is 1.31 bits per heavy atom. The molecule has 7 nitrogen and oxygen atoms in total. The number of nitrogens with zero attached hydrogens (tertiary/aromatic N) is 1. The van der Waals surface area contributed by atoms with Crippen LogP contribution in [0.25, 0.3) is 0 Å². The van der Waals surface area contributed by atoms with Gasteiger partial charge in [0.2, 0.25) is 11.8 Å². The summed E-state index contributed by atoms with van der Waals surface area (Å²) in [5.41, 5.74) is 0.548. The molecule has 1 unspecified atom stereocenters. The van der Waals surface area contributed by atoms with E-state index in [2.05, 4.69) is 5.32 Å². The van der Waals surface area contributed by atoms with E-state index in [1.807, 2.05) is 0 Å². The number of carbonyl (C=O) groups excluding carboxylic acids is 2. The summed E-state index contributed by atoms with van der Waals surface area (Å²) in [7, 11) is 1.51. The zero-order valence-corrected chi connectivity index (χ0v) is 15.2. The van der Waals surface area contributed by atoms with E-state index < -0.39 is 17.8 Å². The highest BCUT2D eigenvalue weighted by Crippen LogP contribution is 2.35. The average molecular weight is 381 g/mol. The molecule has 2 amide bonds. The molecule has 1 saturated heterocycles. The van der Waals surface area contributed by atoms with Crippen LogP contribution in [0.1, 0.15) is 25.7 Å². The van der Waals surface area contributed by atoms with Crippen LogP contribution in [0.15, 0.2) is 18.2 Å². The highest BCUT2D eigenvalue weighted by atomic mass is 35.5. The quantitative estimate of drug-likeness (QED) is 0.815. The van der Waals surface area contributed by atoms with Gasteiger partial charge in [-0.1, -0.05) is 11.6 Å². The van der Waals surface area contributed by atoms with Gasteiger partial charge in [0, 0.05) is 24.0 Å². The standard InChI is InChI=1S/C18H21ClN2O5/c1-26-15-5-3-12(19)8-14(15)21-9-11(7-16(21)22)17(23)20-13-4-2-10(6-13)18(24)25/h3,5,8,10-11,13H,2,4,6-7,9H2,1H3,(H,20,23)(H,24,25)/t10-,11?,13+/m1/s1. The first kappa shape index (κ1) is 18.5. The van der Waals surface area contributed by atoms with E-state index in [0.29, 0.717) is 35.7 Å². The van der Waals surface area contributed by atoms with Crippen molar-refractivity contribution in [3.8, 4) is 5.75 Å². The monoisotopic (exact) mass is 380 g/mol. The Balaban J connectivity index is 1.65. The number of rotatable bonds is 5. The zero-order chi connectivity index (χ0) is 18.8. The fraction of sp³-hybridized carbons (Fsp3) is 0.500. The van der Waals surface area contributed by atoms with E-state index in [9.17, 15) is 14.4 Å². The topological polar surface area (TPSA) is 95.9 Å². The number of amides is 2. The van der Waals surface area contributed by atoms with Crippen LogP contribution in [0, 0.1) is 11.8 Å². The molecule has 2 fully saturated rings. The molecule has 1 aromatic rings. The SMILES string of the molecule is COc1ccc(Cl)cc1N1CC(C(=O)N[C@H]2CC[C@@H](C(=O)O)C2)CC1=O. The Bertz CT molecular complexity index is 738. The first-order valence-electron chi connectivity index (χ1n) is 8.56. The average Bonchev–Trinajstić information content (AvgIpc) is 3.21. The molecule has 140 valence electrons. The Morgan fingerprint density at radius 3 is 2.73 bits per heavy atom. The Morgan fingerprint density at radius 2 is 2.08 bits per heavy atom. The molecule has 1 aromatic carbocycles. The maximum atomic E-state index is 12.5. The van der Waals surface area contributed by atoms with Crippen molar-refractivity contribution in [1.82, 2.24) is 5.32 Å². The van der Waals surface area contributed by atoms with Crippen LogP contribution in [0.2, 0.25) is 5.02 Å². The molecule has 1 heterocycles. The minimum atomic E-state index is -0.822. The third-order valence-corrected chi connectivity index (χ3v) is 5.29. The summed E-state index contributed by atoms with van der Waals surface area (Å²) >= 11 is 6.03. The minimum Gasteiger partial charge on any atom is -0.495 e. The van der Waals surface area contributed by atoms with Gasteiger partial charge < -0.3 is 20.1 Å². The first-order valence-corrected chi connectivity index (χ1v) is 8.94. The molecule has 0 spiro atoms. The molecule has 0 radical (unpaired) electrons. The van der Waals surface area contributed by atoms with E-state index in [1.54, 1.807) is 18.2 Å². The number of methoxy groups -OCH3 is 1. The van der Waals surface area contributed by atoms with Crippen LogP contribution in [0.3, 0.4) is 0 Å². The minimum absolute atomic E-state index is 0.108. The molecule has 1 aliphatic carbocycles. The number of carboxylic acid groups (broad SMARTS) is 1. The van der Waals surface area contributed by atoms with E-state index in [0.717, 1.165) is 0 Å². The molecule has 2 N–H and O–H groups in total. The molecule has 3 rings (SSSR count). The van der Waals surface area contributed by atoms with Crippen LogP contribution in [-0.2, 0) is 14.4 Å². The number of hydrogen-bond acceptors (Lipinski definition) is 4. The van der Waals surface area contributed by atoms with Crippen LogP contribution >= 0.6 is 11.6 Å². The second-order valence-electron chi connectivity index (χ2n) is 6.78. The van der Waals surface area contributed by atoms with Gasteiger partial charge in [-0.2, -0.15) is 0 Å². The van der Waals surface area contributed by atoms with Gasteiger partial charge in [-0.3, -0.25) is 14.4 Å². The zero-order valence-electron chi connectivity index (χ0n) is 14.4. The fourth-order valence-corrected chi connectivity index (χ4v) is 3.81. The van der Waals surface area contributed by atoms with Crippen molar-refractivity contribution in [2.24, 2.45) is 11.8 Å². The van der Waals surface area contributed by atoms with Crippen molar-refractivity contribution in [2.45, 2.75) is 31.7 Å². The van der Waals surface area contributed by atoms with Crippen molar-refractivity contribution >= 4 is 35.1 Å². The van der Waals surface area contributed by atoms with Gasteiger partial charge in [-0.25, -0.2) is 0 Å². The van der Waals surface area contributed by atoms with Gasteiger partial charge in [0.25, 0.3) is 0 Å². The normalized spacial score (nSPS) is 25.4. The molecule has 0 bridgehead atoms. The number of benzene rings is 1. The first-order chi connectivity index (χ1) is 12.4. The molecule has 1 saturated carbocycles. The highest BCUT2D eigenvalue weighted by Gasteiger charge is 2.38. The second kappa shape index (κ2) is 7.53. The lowest BCUT2D eigenvalue weighted by Gasteiger charge is -2.20.